The van der Waals surface area contributed by atoms with Crippen molar-refractivity contribution < 1.29 is 14.3 Å². The van der Waals surface area contributed by atoms with Gasteiger partial charge in [-0.1, -0.05) is 13.3 Å². The van der Waals surface area contributed by atoms with E-state index in [2.05, 4.69) is 33.3 Å². The van der Waals surface area contributed by atoms with E-state index in [1.807, 2.05) is 4.68 Å². The summed E-state index contributed by atoms with van der Waals surface area (Å²) < 4.78 is 7.23. The van der Waals surface area contributed by atoms with Crippen molar-refractivity contribution in [3.05, 3.63) is 40.0 Å². The Morgan fingerprint density at radius 3 is 2.73 bits per heavy atom. The molecule has 8 heteroatoms. The van der Waals surface area contributed by atoms with Crippen LogP contribution in [0.5, 0.6) is 0 Å². The van der Waals surface area contributed by atoms with Crippen LogP contribution in [0.4, 0.5) is 11.5 Å². The molecule has 26 heavy (non-hydrogen) atoms. The summed E-state index contributed by atoms with van der Waals surface area (Å²) in [6.07, 6.45) is 5.03. The Morgan fingerprint density at radius 2 is 2.12 bits per heavy atom. The maximum Gasteiger partial charge on any atom is 0.339 e. The minimum absolute atomic E-state index is 0.263. The summed E-state index contributed by atoms with van der Waals surface area (Å²) in [6, 6.07) is 5.41. The molecule has 3 rings (SSSR count). The molecule has 2 unspecified atom stereocenters. The zero-order valence-electron chi connectivity index (χ0n) is 14.7. The maximum absolute atomic E-state index is 11.9. The number of hydrogen-bond acceptors (Lipinski definition) is 5. The Kier molecular flexibility index (Phi) is 5.31. The second kappa shape index (κ2) is 7.49. The molecule has 0 aliphatic heterocycles. The number of ether oxygens (including phenoxy) is 1. The topological polar surface area (TPSA) is 99.2 Å². The Hall–Kier alpha value is -2.35. The Labute approximate surface area is 160 Å². The summed E-state index contributed by atoms with van der Waals surface area (Å²) in [7, 11) is 1.32. The van der Waals surface area contributed by atoms with Crippen LogP contribution in [0.25, 0.3) is 0 Å². The molecule has 1 aliphatic carbocycles. The largest absolute Gasteiger partial charge is 0.465 e. The summed E-state index contributed by atoms with van der Waals surface area (Å²) >= 11 is 3.33. The van der Waals surface area contributed by atoms with E-state index in [0.29, 0.717) is 33.0 Å². The van der Waals surface area contributed by atoms with Crippen LogP contribution in [0.1, 0.15) is 52.9 Å². The van der Waals surface area contributed by atoms with Crippen molar-refractivity contribution in [2.24, 2.45) is 11.7 Å². The van der Waals surface area contributed by atoms with Gasteiger partial charge in [-0.05, 0) is 52.9 Å². The van der Waals surface area contributed by atoms with E-state index in [9.17, 15) is 9.59 Å². The molecular weight excluding hydrogens is 400 g/mol. The molecule has 0 spiro atoms. The van der Waals surface area contributed by atoms with E-state index < -0.39 is 11.9 Å². The van der Waals surface area contributed by atoms with E-state index in [1.54, 1.807) is 24.4 Å². The van der Waals surface area contributed by atoms with Crippen LogP contribution >= 0.6 is 15.9 Å². The first-order valence-corrected chi connectivity index (χ1v) is 9.24. The van der Waals surface area contributed by atoms with Gasteiger partial charge in [-0.3, -0.25) is 9.48 Å². The number of halogens is 1. The van der Waals surface area contributed by atoms with E-state index in [0.717, 1.165) is 19.3 Å². The number of anilines is 2. The SMILES string of the molecule is COC(=O)c1cc(Nc2nn(C3CCCC3C)cc2C(N)=O)ccc1Br. The molecule has 1 aromatic carbocycles. The second-order valence-corrected chi connectivity index (χ2v) is 7.38. The van der Waals surface area contributed by atoms with E-state index in [4.69, 9.17) is 10.5 Å². The number of carbonyl (C=O) groups excluding carboxylic acids is 2. The number of aromatic nitrogens is 2. The second-order valence-electron chi connectivity index (χ2n) is 6.52. The number of nitrogens with one attached hydrogen (secondary N) is 1. The average molecular weight is 421 g/mol. The van der Waals surface area contributed by atoms with Gasteiger partial charge in [0, 0.05) is 16.4 Å². The summed E-state index contributed by atoms with van der Waals surface area (Å²) in [4.78, 5) is 23.7. The fourth-order valence-electron chi connectivity index (χ4n) is 3.36. The predicted octanol–water partition coefficient (Wildman–Crippen LogP) is 3.64. The Morgan fingerprint density at radius 1 is 1.35 bits per heavy atom. The summed E-state index contributed by atoms with van der Waals surface area (Å²) in [5.74, 6) is -0.118. The summed E-state index contributed by atoms with van der Waals surface area (Å²) in [6.45, 7) is 2.19. The monoisotopic (exact) mass is 420 g/mol. The van der Waals surface area contributed by atoms with Crippen LogP contribution in [0.15, 0.2) is 28.9 Å². The molecule has 138 valence electrons. The van der Waals surface area contributed by atoms with Crippen LogP contribution in [-0.4, -0.2) is 28.8 Å². The number of hydrogen-bond donors (Lipinski definition) is 2. The van der Waals surface area contributed by atoms with Crippen LogP contribution in [0.3, 0.4) is 0 Å². The predicted molar refractivity (Wildman–Crippen MR) is 102 cm³/mol. The van der Waals surface area contributed by atoms with Gasteiger partial charge < -0.3 is 15.8 Å². The van der Waals surface area contributed by atoms with Crippen LogP contribution in [0, 0.1) is 5.92 Å². The molecule has 7 nitrogen and oxygen atoms in total. The summed E-state index contributed by atoms with van der Waals surface area (Å²) in [5.41, 5.74) is 6.84. The molecule has 1 aliphatic rings. The van der Waals surface area contributed by atoms with Crippen molar-refractivity contribution in [2.45, 2.75) is 32.2 Å². The smallest absolute Gasteiger partial charge is 0.339 e. The average Bonchev–Trinajstić information content (AvgIpc) is 3.22. The van der Waals surface area contributed by atoms with Gasteiger partial charge in [0.2, 0.25) is 0 Å². The first kappa shape index (κ1) is 18.4. The molecule has 0 radical (unpaired) electrons. The highest BCUT2D eigenvalue weighted by atomic mass is 79.9. The number of nitrogens with two attached hydrogens (primary N) is 1. The molecule has 1 aromatic heterocycles. The lowest BCUT2D eigenvalue weighted by atomic mass is 10.1. The van der Waals surface area contributed by atoms with Crippen molar-refractivity contribution in [3.63, 3.8) is 0 Å². The first-order valence-electron chi connectivity index (χ1n) is 8.44. The molecule has 0 saturated heterocycles. The fourth-order valence-corrected chi connectivity index (χ4v) is 3.77. The van der Waals surface area contributed by atoms with E-state index in [-0.39, 0.29) is 6.04 Å². The molecule has 1 fully saturated rings. The zero-order chi connectivity index (χ0) is 18.8. The highest BCUT2D eigenvalue weighted by molar-refractivity contribution is 9.10. The minimum Gasteiger partial charge on any atom is -0.465 e. The number of benzene rings is 1. The summed E-state index contributed by atoms with van der Waals surface area (Å²) in [5, 5.41) is 7.65. The number of nitrogens with zero attached hydrogens (tertiary/aromatic N) is 2. The maximum atomic E-state index is 11.9. The molecule has 2 atom stereocenters. The number of esters is 1. The van der Waals surface area contributed by atoms with Gasteiger partial charge in [0.05, 0.1) is 18.7 Å². The standard InChI is InChI=1S/C18H21BrN4O3/c1-10-4-3-5-15(10)23-9-13(16(20)24)17(22-23)21-11-6-7-14(19)12(8-11)18(25)26-2/h6-10,15H,3-5H2,1-2H3,(H2,20,24)(H,21,22). The van der Waals surface area contributed by atoms with Crippen molar-refractivity contribution in [1.82, 2.24) is 9.78 Å². The van der Waals surface area contributed by atoms with Crippen LogP contribution in [-0.2, 0) is 4.74 Å². The highest BCUT2D eigenvalue weighted by Gasteiger charge is 2.27. The van der Waals surface area contributed by atoms with E-state index >= 15 is 0 Å². The molecule has 1 heterocycles. The zero-order valence-corrected chi connectivity index (χ0v) is 16.2. The third-order valence-electron chi connectivity index (χ3n) is 4.79. The van der Waals surface area contributed by atoms with Gasteiger partial charge in [0.15, 0.2) is 5.82 Å². The fraction of sp³-hybridized carbons (Fsp3) is 0.389. The number of rotatable bonds is 5. The van der Waals surface area contributed by atoms with Gasteiger partial charge in [-0.15, -0.1) is 0 Å². The van der Waals surface area contributed by atoms with Crippen molar-refractivity contribution in [2.75, 3.05) is 12.4 Å². The molecule has 1 saturated carbocycles. The lowest BCUT2D eigenvalue weighted by molar-refractivity contribution is 0.0599. The Bertz CT molecular complexity index is 849. The molecule has 2 aromatic rings. The first-order chi connectivity index (χ1) is 12.4. The van der Waals surface area contributed by atoms with Crippen molar-refractivity contribution in [1.29, 1.82) is 0 Å². The molecular formula is C18H21BrN4O3. The molecule has 0 bridgehead atoms. The van der Waals surface area contributed by atoms with Crippen LogP contribution < -0.4 is 11.1 Å². The quantitative estimate of drug-likeness (QED) is 0.719. The molecule has 1 amide bonds. The van der Waals surface area contributed by atoms with Crippen molar-refractivity contribution >= 4 is 39.3 Å². The normalized spacial score (nSPS) is 19.3. The van der Waals surface area contributed by atoms with Gasteiger partial charge in [-0.2, -0.15) is 5.10 Å². The van der Waals surface area contributed by atoms with E-state index in [1.165, 1.54) is 7.11 Å². The lowest BCUT2D eigenvalue weighted by Crippen LogP contribution is -2.13. The van der Waals surface area contributed by atoms with Gasteiger partial charge in [-0.25, -0.2) is 4.79 Å². The van der Waals surface area contributed by atoms with Gasteiger partial charge >= 0.3 is 5.97 Å². The highest BCUT2D eigenvalue weighted by Crippen LogP contribution is 2.36. The number of amides is 1. The van der Waals surface area contributed by atoms with Gasteiger partial charge in [0.25, 0.3) is 5.91 Å². The van der Waals surface area contributed by atoms with Crippen LogP contribution in [0.2, 0.25) is 0 Å². The third-order valence-corrected chi connectivity index (χ3v) is 5.48. The minimum atomic E-state index is -0.547. The van der Waals surface area contributed by atoms with Gasteiger partial charge in [0.1, 0.15) is 5.56 Å². The number of methoxy groups -OCH3 is 1. The lowest BCUT2D eigenvalue weighted by Gasteiger charge is -2.15. The number of carbonyl (C=O) groups is 2. The third kappa shape index (κ3) is 3.60. The Balaban J connectivity index is 1.93. The molecule has 3 N–H and O–H groups in total. The number of primary amides is 1. The van der Waals surface area contributed by atoms with Crippen molar-refractivity contribution in [3.8, 4) is 0 Å².